The summed E-state index contributed by atoms with van der Waals surface area (Å²) in [5.74, 6) is -0.977. The van der Waals surface area contributed by atoms with E-state index in [9.17, 15) is 18.0 Å². The zero-order chi connectivity index (χ0) is 26.5. The SMILES string of the molecule is CNC(=O)[C@@H](C)N(Cc1ccc(Cl)cc1Cl)C(=O)CN(c1ccc(I)cc1)S(=O)(=O)c1ccccc1. The van der Waals surface area contributed by atoms with Crippen molar-refractivity contribution in [3.63, 3.8) is 0 Å². The molecule has 0 spiro atoms. The molecule has 0 saturated carbocycles. The minimum Gasteiger partial charge on any atom is -0.357 e. The molecule has 7 nitrogen and oxygen atoms in total. The smallest absolute Gasteiger partial charge is 0.264 e. The van der Waals surface area contributed by atoms with Crippen LogP contribution in [0.15, 0.2) is 77.7 Å². The number of nitrogens with zero attached hydrogens (tertiary/aromatic N) is 2. The Kier molecular flexibility index (Phi) is 9.62. The molecule has 0 aliphatic rings. The zero-order valence-corrected chi connectivity index (χ0v) is 24.0. The summed E-state index contributed by atoms with van der Waals surface area (Å²) in [6, 6.07) is 18.6. The van der Waals surface area contributed by atoms with Gasteiger partial charge in [-0.1, -0.05) is 47.5 Å². The molecule has 3 aromatic rings. The number of anilines is 1. The van der Waals surface area contributed by atoms with Crippen molar-refractivity contribution >= 4 is 73.3 Å². The van der Waals surface area contributed by atoms with E-state index in [-0.39, 0.29) is 11.4 Å². The third kappa shape index (κ3) is 6.70. The van der Waals surface area contributed by atoms with Gasteiger partial charge >= 0.3 is 0 Å². The number of amides is 2. The molecule has 0 aromatic heterocycles. The van der Waals surface area contributed by atoms with Crippen molar-refractivity contribution in [1.29, 1.82) is 0 Å². The summed E-state index contributed by atoms with van der Waals surface area (Å²) in [4.78, 5) is 27.5. The molecule has 190 valence electrons. The number of hydrogen-bond acceptors (Lipinski definition) is 4. The summed E-state index contributed by atoms with van der Waals surface area (Å²) in [5, 5.41) is 3.30. The van der Waals surface area contributed by atoms with Crippen molar-refractivity contribution in [3.05, 3.63) is 92.0 Å². The monoisotopic (exact) mass is 659 g/mol. The third-order valence-electron chi connectivity index (χ3n) is 5.49. The normalized spacial score (nSPS) is 12.0. The van der Waals surface area contributed by atoms with Crippen molar-refractivity contribution in [2.24, 2.45) is 0 Å². The van der Waals surface area contributed by atoms with Crippen LogP contribution < -0.4 is 9.62 Å². The van der Waals surface area contributed by atoms with E-state index in [0.29, 0.717) is 21.3 Å². The van der Waals surface area contributed by atoms with E-state index in [0.717, 1.165) is 7.88 Å². The molecular formula is C25H24Cl2IN3O4S. The van der Waals surface area contributed by atoms with Gasteiger partial charge in [0.1, 0.15) is 12.6 Å². The molecule has 36 heavy (non-hydrogen) atoms. The number of likely N-dealkylation sites (N-methyl/N-ethyl adjacent to an activating group) is 1. The lowest BCUT2D eigenvalue weighted by molar-refractivity contribution is -0.139. The van der Waals surface area contributed by atoms with E-state index >= 15 is 0 Å². The van der Waals surface area contributed by atoms with Crippen LogP contribution in [0.5, 0.6) is 0 Å². The Morgan fingerprint density at radius 3 is 2.22 bits per heavy atom. The number of hydrogen-bond donors (Lipinski definition) is 1. The Morgan fingerprint density at radius 1 is 1.00 bits per heavy atom. The van der Waals surface area contributed by atoms with Gasteiger partial charge in [-0.25, -0.2) is 8.42 Å². The van der Waals surface area contributed by atoms with E-state index in [1.807, 2.05) is 0 Å². The van der Waals surface area contributed by atoms with Gasteiger partial charge in [0.15, 0.2) is 0 Å². The molecule has 0 aliphatic heterocycles. The molecule has 1 N–H and O–H groups in total. The molecule has 1 atom stereocenters. The lowest BCUT2D eigenvalue weighted by Crippen LogP contribution is -2.50. The lowest BCUT2D eigenvalue weighted by atomic mass is 10.1. The van der Waals surface area contributed by atoms with Gasteiger partial charge < -0.3 is 10.2 Å². The molecule has 3 aromatic carbocycles. The number of halogens is 3. The summed E-state index contributed by atoms with van der Waals surface area (Å²) >= 11 is 14.5. The number of carbonyl (C=O) groups excluding carboxylic acids is 2. The van der Waals surface area contributed by atoms with Gasteiger partial charge in [0.25, 0.3) is 10.0 Å². The molecule has 0 radical (unpaired) electrons. The highest BCUT2D eigenvalue weighted by atomic mass is 127. The van der Waals surface area contributed by atoms with Gasteiger partial charge in [-0.2, -0.15) is 0 Å². The first-order chi connectivity index (χ1) is 17.0. The predicted molar refractivity (Wildman–Crippen MR) is 151 cm³/mol. The van der Waals surface area contributed by atoms with Gasteiger partial charge in [-0.3, -0.25) is 13.9 Å². The van der Waals surface area contributed by atoms with Crippen molar-refractivity contribution < 1.29 is 18.0 Å². The number of carbonyl (C=O) groups is 2. The average Bonchev–Trinajstić information content (AvgIpc) is 2.87. The van der Waals surface area contributed by atoms with Gasteiger partial charge in [0, 0.05) is 27.2 Å². The topological polar surface area (TPSA) is 86.8 Å². The molecule has 2 amide bonds. The molecule has 0 aliphatic carbocycles. The fourth-order valence-corrected chi connectivity index (χ4v) is 5.74. The van der Waals surface area contributed by atoms with Gasteiger partial charge in [0.05, 0.1) is 10.6 Å². The Morgan fingerprint density at radius 2 is 1.64 bits per heavy atom. The van der Waals surface area contributed by atoms with Crippen LogP contribution in [0.2, 0.25) is 10.0 Å². The maximum absolute atomic E-state index is 13.7. The molecular weight excluding hydrogens is 636 g/mol. The molecule has 11 heteroatoms. The van der Waals surface area contributed by atoms with Crippen LogP contribution in [-0.4, -0.2) is 44.8 Å². The maximum atomic E-state index is 13.7. The molecule has 0 heterocycles. The van der Waals surface area contributed by atoms with Crippen LogP contribution in [0.3, 0.4) is 0 Å². The standard InChI is InChI=1S/C25H24Cl2IN3O4S/c1-17(25(33)29-2)30(15-18-8-9-19(26)14-23(18)27)24(32)16-31(21-12-10-20(28)11-13-21)36(34,35)22-6-4-3-5-7-22/h3-14,17H,15-16H2,1-2H3,(H,29,33)/t17-/m1/s1. The minimum absolute atomic E-state index is 0.0185. The molecule has 0 saturated heterocycles. The van der Waals surface area contributed by atoms with Crippen LogP contribution in [-0.2, 0) is 26.2 Å². The minimum atomic E-state index is -4.09. The van der Waals surface area contributed by atoms with E-state index in [1.54, 1.807) is 67.6 Å². The molecule has 0 fully saturated rings. The zero-order valence-electron chi connectivity index (χ0n) is 19.5. The molecule has 0 bridgehead atoms. The third-order valence-corrected chi connectivity index (χ3v) is 8.59. The van der Waals surface area contributed by atoms with E-state index in [1.165, 1.54) is 24.1 Å². The highest BCUT2D eigenvalue weighted by molar-refractivity contribution is 14.1. The van der Waals surface area contributed by atoms with Crippen LogP contribution in [0.25, 0.3) is 0 Å². The lowest BCUT2D eigenvalue weighted by Gasteiger charge is -2.32. The Labute approximate surface area is 234 Å². The number of nitrogens with one attached hydrogen (secondary N) is 1. The van der Waals surface area contributed by atoms with E-state index < -0.39 is 34.4 Å². The number of sulfonamides is 1. The summed E-state index contributed by atoms with van der Waals surface area (Å²) in [6.45, 7) is 1.03. The summed E-state index contributed by atoms with van der Waals surface area (Å²) < 4.78 is 29.2. The first-order valence-electron chi connectivity index (χ1n) is 10.8. The van der Waals surface area contributed by atoms with Gasteiger partial charge in [-0.15, -0.1) is 0 Å². The number of rotatable bonds is 9. The first kappa shape index (κ1) is 28.2. The summed E-state index contributed by atoms with van der Waals surface area (Å²) in [5.41, 5.74) is 0.890. The van der Waals surface area contributed by atoms with Crippen LogP contribution >= 0.6 is 45.8 Å². The number of benzene rings is 3. The second kappa shape index (κ2) is 12.3. The second-order valence-corrected chi connectivity index (χ2v) is 11.8. The summed E-state index contributed by atoms with van der Waals surface area (Å²) in [6.07, 6.45) is 0. The average molecular weight is 660 g/mol. The molecule has 3 rings (SSSR count). The second-order valence-electron chi connectivity index (χ2n) is 7.85. The predicted octanol–water partition coefficient (Wildman–Crippen LogP) is 4.96. The largest absolute Gasteiger partial charge is 0.357 e. The van der Waals surface area contributed by atoms with Crippen LogP contribution in [0.4, 0.5) is 5.69 Å². The molecule has 0 unspecified atom stereocenters. The quantitative estimate of drug-likeness (QED) is 0.329. The Bertz CT molecular complexity index is 1340. The van der Waals surface area contributed by atoms with E-state index in [4.69, 9.17) is 23.2 Å². The van der Waals surface area contributed by atoms with Crippen LogP contribution in [0, 0.1) is 3.57 Å². The highest BCUT2D eigenvalue weighted by Crippen LogP contribution is 2.27. The van der Waals surface area contributed by atoms with Crippen molar-refractivity contribution in [2.75, 3.05) is 17.9 Å². The summed E-state index contributed by atoms with van der Waals surface area (Å²) in [7, 11) is -2.63. The van der Waals surface area contributed by atoms with Crippen LogP contribution in [0.1, 0.15) is 12.5 Å². The Hall–Kier alpha value is -2.34. The highest BCUT2D eigenvalue weighted by Gasteiger charge is 2.32. The van der Waals surface area contributed by atoms with E-state index in [2.05, 4.69) is 27.9 Å². The fourth-order valence-electron chi connectivity index (χ4n) is 3.48. The van der Waals surface area contributed by atoms with Crippen molar-refractivity contribution in [1.82, 2.24) is 10.2 Å². The first-order valence-corrected chi connectivity index (χ1v) is 14.1. The van der Waals surface area contributed by atoms with Crippen molar-refractivity contribution in [3.8, 4) is 0 Å². The maximum Gasteiger partial charge on any atom is 0.264 e. The van der Waals surface area contributed by atoms with Crippen molar-refractivity contribution in [2.45, 2.75) is 24.4 Å². The fraction of sp³-hybridized carbons (Fsp3) is 0.200. The Balaban J connectivity index is 2.03. The van der Waals surface area contributed by atoms with Gasteiger partial charge in [-0.05, 0) is 83.6 Å². The van der Waals surface area contributed by atoms with Gasteiger partial charge in [0.2, 0.25) is 11.8 Å².